The van der Waals surface area contributed by atoms with E-state index in [1.54, 1.807) is 6.92 Å². The molecule has 0 aromatic heterocycles. The lowest BCUT2D eigenvalue weighted by Gasteiger charge is -2.15. The third-order valence-electron chi connectivity index (χ3n) is 3.20. The van der Waals surface area contributed by atoms with E-state index in [4.69, 9.17) is 4.74 Å². The highest BCUT2D eigenvalue weighted by Gasteiger charge is 2.14. The standard InChI is InChI=1S/C17H19NO2/c1-12-9-10-15(11-13(12)2)18-17(19)14(3)20-16-7-5-4-6-8-16/h4-11,14H,1-3H3,(H,18,19)/t14-/m1/s1. The molecular formula is C17H19NO2. The van der Waals surface area contributed by atoms with Crippen molar-refractivity contribution in [1.29, 1.82) is 0 Å². The minimum absolute atomic E-state index is 0.155. The molecule has 1 N–H and O–H groups in total. The summed E-state index contributed by atoms with van der Waals surface area (Å²) in [6.07, 6.45) is -0.543. The molecule has 0 unspecified atom stereocenters. The van der Waals surface area contributed by atoms with Crippen LogP contribution in [0.5, 0.6) is 5.75 Å². The summed E-state index contributed by atoms with van der Waals surface area (Å²) in [6, 6.07) is 15.2. The summed E-state index contributed by atoms with van der Waals surface area (Å²) in [5.41, 5.74) is 3.15. The maximum absolute atomic E-state index is 12.1. The Labute approximate surface area is 119 Å². The van der Waals surface area contributed by atoms with E-state index >= 15 is 0 Å². The molecule has 0 heterocycles. The van der Waals surface area contributed by atoms with Gasteiger partial charge in [0.25, 0.3) is 5.91 Å². The van der Waals surface area contributed by atoms with Gasteiger partial charge in [-0.15, -0.1) is 0 Å². The van der Waals surface area contributed by atoms with E-state index < -0.39 is 6.10 Å². The zero-order valence-electron chi connectivity index (χ0n) is 12.0. The molecule has 0 bridgehead atoms. The Kier molecular flexibility index (Phi) is 4.41. The Morgan fingerprint density at radius 2 is 1.75 bits per heavy atom. The van der Waals surface area contributed by atoms with Gasteiger partial charge in [0, 0.05) is 5.69 Å². The monoisotopic (exact) mass is 269 g/mol. The first kappa shape index (κ1) is 14.1. The fourth-order valence-corrected chi connectivity index (χ4v) is 1.82. The van der Waals surface area contributed by atoms with Crippen LogP contribution in [0.1, 0.15) is 18.1 Å². The Bertz CT molecular complexity index is 593. The van der Waals surface area contributed by atoms with Crippen LogP contribution >= 0.6 is 0 Å². The third kappa shape index (κ3) is 3.60. The zero-order valence-corrected chi connectivity index (χ0v) is 12.0. The van der Waals surface area contributed by atoms with Crippen molar-refractivity contribution in [1.82, 2.24) is 0 Å². The number of amides is 1. The maximum atomic E-state index is 12.1. The summed E-state index contributed by atoms with van der Waals surface area (Å²) < 4.78 is 5.59. The van der Waals surface area contributed by atoms with Gasteiger partial charge in [-0.05, 0) is 56.2 Å². The Hall–Kier alpha value is -2.29. The molecule has 0 saturated carbocycles. The molecule has 1 atom stereocenters. The van der Waals surface area contributed by atoms with Crippen LogP contribution in [0, 0.1) is 13.8 Å². The lowest BCUT2D eigenvalue weighted by atomic mass is 10.1. The van der Waals surface area contributed by atoms with Crippen LogP contribution in [-0.2, 0) is 4.79 Å². The number of nitrogens with one attached hydrogen (secondary N) is 1. The number of rotatable bonds is 4. The first-order chi connectivity index (χ1) is 9.56. The van der Waals surface area contributed by atoms with Crippen LogP contribution in [0.3, 0.4) is 0 Å². The predicted molar refractivity (Wildman–Crippen MR) is 81.1 cm³/mol. The number of hydrogen-bond acceptors (Lipinski definition) is 2. The Balaban J connectivity index is 1.99. The highest BCUT2D eigenvalue weighted by molar-refractivity contribution is 5.94. The molecule has 0 aliphatic carbocycles. The van der Waals surface area contributed by atoms with Gasteiger partial charge in [0.2, 0.25) is 0 Å². The van der Waals surface area contributed by atoms with Crippen LogP contribution < -0.4 is 10.1 Å². The molecule has 1 amide bonds. The summed E-state index contributed by atoms with van der Waals surface area (Å²) >= 11 is 0. The van der Waals surface area contributed by atoms with Crippen molar-refractivity contribution >= 4 is 11.6 Å². The van der Waals surface area contributed by atoms with Crippen LogP contribution in [0.25, 0.3) is 0 Å². The molecule has 0 saturated heterocycles. The van der Waals surface area contributed by atoms with E-state index in [0.717, 1.165) is 11.3 Å². The second-order valence-corrected chi connectivity index (χ2v) is 4.86. The normalized spacial score (nSPS) is 11.8. The lowest BCUT2D eigenvalue weighted by Crippen LogP contribution is -2.30. The van der Waals surface area contributed by atoms with Gasteiger partial charge in [-0.25, -0.2) is 0 Å². The molecule has 0 aliphatic rings. The zero-order chi connectivity index (χ0) is 14.5. The van der Waals surface area contributed by atoms with Gasteiger partial charge in [-0.1, -0.05) is 24.3 Å². The summed E-state index contributed by atoms with van der Waals surface area (Å²) in [5.74, 6) is 0.535. The third-order valence-corrected chi connectivity index (χ3v) is 3.20. The first-order valence-electron chi connectivity index (χ1n) is 6.66. The largest absolute Gasteiger partial charge is 0.481 e. The number of aryl methyl sites for hydroxylation is 2. The topological polar surface area (TPSA) is 38.3 Å². The van der Waals surface area contributed by atoms with E-state index in [2.05, 4.69) is 5.32 Å². The van der Waals surface area contributed by atoms with Crippen LogP contribution in [0.15, 0.2) is 48.5 Å². The quantitative estimate of drug-likeness (QED) is 0.919. The van der Waals surface area contributed by atoms with Crippen molar-refractivity contribution in [3.05, 3.63) is 59.7 Å². The van der Waals surface area contributed by atoms with Crippen molar-refractivity contribution in [2.45, 2.75) is 26.9 Å². The number of para-hydroxylation sites is 1. The minimum Gasteiger partial charge on any atom is -0.481 e. The van der Waals surface area contributed by atoms with E-state index in [1.165, 1.54) is 5.56 Å². The molecule has 2 aromatic rings. The number of benzene rings is 2. The molecule has 20 heavy (non-hydrogen) atoms. The maximum Gasteiger partial charge on any atom is 0.265 e. The molecule has 3 nitrogen and oxygen atoms in total. The van der Waals surface area contributed by atoms with Crippen LogP contribution in [0.2, 0.25) is 0 Å². The average Bonchev–Trinajstić information content (AvgIpc) is 2.44. The predicted octanol–water partition coefficient (Wildman–Crippen LogP) is 3.71. The first-order valence-corrected chi connectivity index (χ1v) is 6.66. The number of carbonyl (C=O) groups excluding carboxylic acids is 1. The molecule has 2 rings (SSSR count). The van der Waals surface area contributed by atoms with Gasteiger partial charge in [0.15, 0.2) is 6.10 Å². The second-order valence-electron chi connectivity index (χ2n) is 4.86. The number of carbonyl (C=O) groups is 1. The van der Waals surface area contributed by atoms with Gasteiger partial charge < -0.3 is 10.1 Å². The molecule has 3 heteroatoms. The molecule has 0 aliphatic heterocycles. The highest BCUT2D eigenvalue weighted by atomic mass is 16.5. The van der Waals surface area contributed by atoms with Gasteiger partial charge >= 0.3 is 0 Å². The number of hydrogen-bond donors (Lipinski definition) is 1. The van der Waals surface area contributed by atoms with Gasteiger partial charge in [-0.2, -0.15) is 0 Å². The van der Waals surface area contributed by atoms with Crippen molar-refractivity contribution in [3.8, 4) is 5.75 Å². The molecule has 0 spiro atoms. The lowest BCUT2D eigenvalue weighted by molar-refractivity contribution is -0.122. The highest BCUT2D eigenvalue weighted by Crippen LogP contribution is 2.16. The van der Waals surface area contributed by atoms with Gasteiger partial charge in [0.05, 0.1) is 0 Å². The summed E-state index contributed by atoms with van der Waals surface area (Å²) in [4.78, 5) is 12.1. The Morgan fingerprint density at radius 3 is 2.40 bits per heavy atom. The second kappa shape index (κ2) is 6.24. The van der Waals surface area contributed by atoms with Crippen molar-refractivity contribution < 1.29 is 9.53 Å². The van der Waals surface area contributed by atoms with Crippen LogP contribution in [0.4, 0.5) is 5.69 Å². The SMILES string of the molecule is Cc1ccc(NC(=O)[C@@H](C)Oc2ccccc2)cc1C. The summed E-state index contributed by atoms with van der Waals surface area (Å²) in [6.45, 7) is 5.81. The van der Waals surface area contributed by atoms with Gasteiger partial charge in [-0.3, -0.25) is 4.79 Å². The summed E-state index contributed by atoms with van der Waals surface area (Å²) in [5, 5.41) is 2.87. The molecule has 104 valence electrons. The van der Waals surface area contributed by atoms with Crippen LogP contribution in [-0.4, -0.2) is 12.0 Å². The Morgan fingerprint density at radius 1 is 1.05 bits per heavy atom. The van der Waals surface area contributed by atoms with E-state index in [0.29, 0.717) is 5.75 Å². The minimum atomic E-state index is -0.543. The smallest absolute Gasteiger partial charge is 0.265 e. The average molecular weight is 269 g/mol. The van der Waals surface area contributed by atoms with E-state index in [1.807, 2.05) is 62.4 Å². The number of anilines is 1. The number of ether oxygens (including phenoxy) is 1. The van der Waals surface area contributed by atoms with E-state index in [-0.39, 0.29) is 5.91 Å². The molecule has 0 fully saturated rings. The molecular weight excluding hydrogens is 250 g/mol. The van der Waals surface area contributed by atoms with Gasteiger partial charge in [0.1, 0.15) is 5.75 Å². The fourth-order valence-electron chi connectivity index (χ4n) is 1.82. The van der Waals surface area contributed by atoms with E-state index in [9.17, 15) is 4.79 Å². The summed E-state index contributed by atoms with van der Waals surface area (Å²) in [7, 11) is 0. The fraction of sp³-hybridized carbons (Fsp3) is 0.235. The van der Waals surface area contributed by atoms with Crippen molar-refractivity contribution in [2.75, 3.05) is 5.32 Å². The molecule has 2 aromatic carbocycles. The van der Waals surface area contributed by atoms with Crippen molar-refractivity contribution in [3.63, 3.8) is 0 Å². The van der Waals surface area contributed by atoms with Crippen molar-refractivity contribution in [2.24, 2.45) is 0 Å². The molecule has 0 radical (unpaired) electrons.